The normalized spacial score (nSPS) is 27.5. The highest BCUT2D eigenvalue weighted by atomic mass is 16.6. The second-order valence-electron chi connectivity index (χ2n) is 9.81. The monoisotopic (exact) mass is 391 g/mol. The van der Waals surface area contributed by atoms with Gasteiger partial charge in [0.2, 0.25) is 0 Å². The van der Waals surface area contributed by atoms with Crippen molar-refractivity contribution in [2.45, 2.75) is 96.6 Å². The predicted octanol–water partition coefficient (Wildman–Crippen LogP) is 4.28. The molecule has 6 heteroatoms. The molecule has 0 aromatic carbocycles. The number of likely N-dealkylation sites (tertiary alicyclic amines) is 1. The van der Waals surface area contributed by atoms with E-state index in [9.17, 15) is 9.59 Å². The van der Waals surface area contributed by atoms with Crippen LogP contribution in [0.4, 0.5) is 4.79 Å². The van der Waals surface area contributed by atoms with Crippen molar-refractivity contribution in [1.82, 2.24) is 10.2 Å². The third-order valence-corrected chi connectivity index (χ3v) is 6.44. The Labute approximate surface area is 169 Å². The predicted molar refractivity (Wildman–Crippen MR) is 110 cm³/mol. The minimum atomic E-state index is -0.674. The Balaban J connectivity index is 1.55. The van der Waals surface area contributed by atoms with Crippen LogP contribution in [0, 0.1) is 11.8 Å². The summed E-state index contributed by atoms with van der Waals surface area (Å²) in [5.74, 6) is 2.18. The fourth-order valence-electron chi connectivity index (χ4n) is 4.68. The molecule has 0 atom stereocenters. The van der Waals surface area contributed by atoms with E-state index in [4.69, 9.17) is 9.73 Å². The van der Waals surface area contributed by atoms with Crippen LogP contribution in [0.5, 0.6) is 0 Å². The first-order valence-corrected chi connectivity index (χ1v) is 11.1. The Hall–Kier alpha value is -1.59. The topological polar surface area (TPSA) is 71.0 Å². The number of amidine groups is 1. The molecule has 3 aliphatic rings. The van der Waals surface area contributed by atoms with Crippen molar-refractivity contribution in [2.75, 3.05) is 13.1 Å². The van der Waals surface area contributed by atoms with Crippen LogP contribution in [0.3, 0.4) is 0 Å². The lowest BCUT2D eigenvalue weighted by atomic mass is 9.79. The van der Waals surface area contributed by atoms with E-state index in [0.717, 1.165) is 24.6 Å². The standard InChI is InChI=1S/C22H37N3O3/c1-5-6-7-16-8-10-17(11-9-16)18-23-19(26)22(24-18)12-14-25(15-13-22)20(27)28-21(2,3)4/h16-17H,5-15H2,1-4H3,(H,23,24,26). The van der Waals surface area contributed by atoms with Gasteiger partial charge in [-0.3, -0.25) is 9.79 Å². The lowest BCUT2D eigenvalue weighted by Crippen LogP contribution is -2.51. The molecule has 2 amide bonds. The molecule has 1 aliphatic carbocycles. The van der Waals surface area contributed by atoms with E-state index < -0.39 is 11.1 Å². The number of hydrogen-bond acceptors (Lipinski definition) is 4. The zero-order chi connectivity index (χ0) is 20.4. The van der Waals surface area contributed by atoms with Crippen LogP contribution < -0.4 is 5.32 Å². The van der Waals surface area contributed by atoms with Crippen LogP contribution >= 0.6 is 0 Å². The number of piperidine rings is 1. The summed E-state index contributed by atoms with van der Waals surface area (Å²) in [4.78, 5) is 31.7. The Bertz CT molecular complexity index is 607. The second kappa shape index (κ2) is 8.42. The lowest BCUT2D eigenvalue weighted by Gasteiger charge is -2.36. The quantitative estimate of drug-likeness (QED) is 0.777. The Morgan fingerprint density at radius 1 is 1.21 bits per heavy atom. The fraction of sp³-hybridized carbons (Fsp3) is 0.864. The summed E-state index contributed by atoms with van der Waals surface area (Å²) in [7, 11) is 0. The van der Waals surface area contributed by atoms with Crippen molar-refractivity contribution < 1.29 is 14.3 Å². The number of amides is 2. The third kappa shape index (κ3) is 4.87. The number of nitrogens with zero attached hydrogens (tertiary/aromatic N) is 2. The first-order chi connectivity index (χ1) is 13.2. The van der Waals surface area contributed by atoms with Gasteiger partial charge in [-0.05, 0) is 65.2 Å². The number of carbonyl (C=O) groups excluding carboxylic acids is 2. The summed E-state index contributed by atoms with van der Waals surface area (Å²) in [6, 6.07) is 0. The van der Waals surface area contributed by atoms with Crippen molar-refractivity contribution in [3.05, 3.63) is 0 Å². The zero-order valence-electron chi connectivity index (χ0n) is 18.1. The molecule has 158 valence electrons. The van der Waals surface area contributed by atoms with Crippen LogP contribution in [0.1, 0.15) is 85.5 Å². The van der Waals surface area contributed by atoms with E-state index in [0.29, 0.717) is 31.8 Å². The first-order valence-electron chi connectivity index (χ1n) is 11.1. The molecule has 0 radical (unpaired) electrons. The van der Waals surface area contributed by atoms with Gasteiger partial charge in [0.15, 0.2) is 0 Å². The van der Waals surface area contributed by atoms with Gasteiger partial charge in [0.25, 0.3) is 5.91 Å². The van der Waals surface area contributed by atoms with E-state index in [1.54, 1.807) is 4.90 Å². The number of aliphatic imine (C=N–C) groups is 1. The number of carbonyl (C=O) groups is 2. The maximum Gasteiger partial charge on any atom is 0.410 e. The molecule has 0 aromatic heterocycles. The van der Waals surface area contributed by atoms with Gasteiger partial charge >= 0.3 is 6.09 Å². The fourth-order valence-corrected chi connectivity index (χ4v) is 4.68. The zero-order valence-corrected chi connectivity index (χ0v) is 18.1. The van der Waals surface area contributed by atoms with Gasteiger partial charge in [-0.2, -0.15) is 0 Å². The average molecular weight is 392 g/mol. The van der Waals surface area contributed by atoms with Gasteiger partial charge in [0.1, 0.15) is 17.0 Å². The molecular formula is C22H37N3O3. The van der Waals surface area contributed by atoms with Crippen LogP contribution in [0.15, 0.2) is 4.99 Å². The van der Waals surface area contributed by atoms with Gasteiger partial charge in [0, 0.05) is 19.0 Å². The molecule has 0 aromatic rings. The maximum absolute atomic E-state index is 12.8. The lowest BCUT2D eigenvalue weighted by molar-refractivity contribution is -0.125. The highest BCUT2D eigenvalue weighted by Gasteiger charge is 2.48. The summed E-state index contributed by atoms with van der Waals surface area (Å²) in [5.41, 5.74) is -1.18. The molecule has 2 heterocycles. The van der Waals surface area contributed by atoms with Gasteiger partial charge in [0.05, 0.1) is 0 Å². The van der Waals surface area contributed by atoms with Crippen LogP contribution in [0.25, 0.3) is 0 Å². The Morgan fingerprint density at radius 2 is 1.86 bits per heavy atom. The van der Waals surface area contributed by atoms with Gasteiger partial charge in [-0.25, -0.2) is 4.79 Å². The number of ether oxygens (including phenoxy) is 1. The molecule has 3 rings (SSSR count). The van der Waals surface area contributed by atoms with Gasteiger partial charge < -0.3 is 15.0 Å². The van der Waals surface area contributed by atoms with Gasteiger partial charge in [-0.15, -0.1) is 0 Å². The largest absolute Gasteiger partial charge is 0.444 e. The number of nitrogens with one attached hydrogen (secondary N) is 1. The number of hydrogen-bond donors (Lipinski definition) is 1. The van der Waals surface area contributed by atoms with Crippen molar-refractivity contribution in [3.63, 3.8) is 0 Å². The van der Waals surface area contributed by atoms with E-state index in [1.165, 1.54) is 32.1 Å². The molecule has 0 unspecified atom stereocenters. The minimum absolute atomic E-state index is 0.0273. The summed E-state index contributed by atoms with van der Waals surface area (Å²) in [6.07, 6.45) is 9.55. The average Bonchev–Trinajstić information content (AvgIpc) is 2.95. The molecule has 1 saturated carbocycles. The van der Waals surface area contributed by atoms with Crippen LogP contribution in [-0.4, -0.2) is 47.0 Å². The van der Waals surface area contributed by atoms with E-state index in [1.807, 2.05) is 20.8 Å². The minimum Gasteiger partial charge on any atom is -0.444 e. The molecule has 1 N–H and O–H groups in total. The van der Waals surface area contributed by atoms with E-state index in [-0.39, 0.29) is 12.0 Å². The molecular weight excluding hydrogens is 354 g/mol. The molecule has 2 fully saturated rings. The molecule has 28 heavy (non-hydrogen) atoms. The Kier molecular flexibility index (Phi) is 6.35. The molecule has 1 saturated heterocycles. The molecule has 2 aliphatic heterocycles. The van der Waals surface area contributed by atoms with Crippen molar-refractivity contribution in [3.8, 4) is 0 Å². The number of unbranched alkanes of at least 4 members (excludes halogenated alkanes) is 1. The first kappa shape index (κ1) is 21.1. The summed E-state index contributed by atoms with van der Waals surface area (Å²) >= 11 is 0. The maximum atomic E-state index is 12.8. The molecule has 1 spiro atoms. The third-order valence-electron chi connectivity index (χ3n) is 6.44. The highest BCUT2D eigenvalue weighted by molar-refractivity contribution is 6.09. The van der Waals surface area contributed by atoms with Crippen LogP contribution in [0.2, 0.25) is 0 Å². The second-order valence-corrected chi connectivity index (χ2v) is 9.81. The van der Waals surface area contributed by atoms with E-state index in [2.05, 4.69) is 12.2 Å². The molecule has 6 nitrogen and oxygen atoms in total. The Morgan fingerprint density at radius 3 is 2.43 bits per heavy atom. The van der Waals surface area contributed by atoms with Crippen molar-refractivity contribution in [1.29, 1.82) is 0 Å². The van der Waals surface area contributed by atoms with Crippen molar-refractivity contribution in [2.24, 2.45) is 16.8 Å². The van der Waals surface area contributed by atoms with Crippen molar-refractivity contribution >= 4 is 17.8 Å². The summed E-state index contributed by atoms with van der Waals surface area (Å²) in [6.45, 7) is 8.89. The highest BCUT2D eigenvalue weighted by Crippen LogP contribution is 2.37. The smallest absolute Gasteiger partial charge is 0.410 e. The SMILES string of the molecule is CCCCC1CCC(C2=NC3(CCN(C(=O)OC(C)(C)C)CC3)C(=O)N2)CC1. The van der Waals surface area contributed by atoms with Crippen LogP contribution in [-0.2, 0) is 9.53 Å². The van der Waals surface area contributed by atoms with Gasteiger partial charge in [-0.1, -0.05) is 26.2 Å². The number of rotatable bonds is 4. The summed E-state index contributed by atoms with van der Waals surface area (Å²) < 4.78 is 5.46. The molecule has 0 bridgehead atoms. The summed E-state index contributed by atoms with van der Waals surface area (Å²) in [5, 5.41) is 3.10. The van der Waals surface area contributed by atoms with E-state index >= 15 is 0 Å².